The summed E-state index contributed by atoms with van der Waals surface area (Å²) < 4.78 is 0. The molecule has 100 valence electrons. The molecule has 4 nitrogen and oxygen atoms in total. The van der Waals surface area contributed by atoms with Crippen LogP contribution < -0.4 is 4.90 Å². The van der Waals surface area contributed by atoms with E-state index in [1.165, 1.54) is 19.3 Å². The van der Waals surface area contributed by atoms with Gasteiger partial charge in [0.05, 0.1) is 0 Å². The number of hydrogen-bond donors (Lipinski definition) is 0. The molecule has 1 heterocycles. The Hall–Kier alpha value is -1.71. The van der Waals surface area contributed by atoms with Crippen LogP contribution in [0.2, 0.25) is 0 Å². The number of nitrogens with zero attached hydrogens (tertiary/aromatic N) is 2. The van der Waals surface area contributed by atoms with Crippen molar-refractivity contribution in [3.63, 3.8) is 0 Å². The van der Waals surface area contributed by atoms with Crippen molar-refractivity contribution in [1.29, 1.82) is 0 Å². The number of carbonyl (C=O) groups is 1. The zero-order valence-corrected chi connectivity index (χ0v) is 11.0. The molecule has 3 rings (SSSR count). The topological polar surface area (TPSA) is 49.7 Å². The third kappa shape index (κ3) is 2.27. The Kier molecular flexibility index (Phi) is 3.32. The van der Waals surface area contributed by atoms with E-state index in [-0.39, 0.29) is 5.91 Å². The largest absolute Gasteiger partial charge is 0.309 e. The van der Waals surface area contributed by atoms with Gasteiger partial charge in [-0.2, -0.15) is 0 Å². The van der Waals surface area contributed by atoms with Gasteiger partial charge in [0.25, 0.3) is 0 Å². The lowest BCUT2D eigenvalue weighted by atomic mass is 9.90. The third-order valence-electron chi connectivity index (χ3n) is 4.24. The van der Waals surface area contributed by atoms with Gasteiger partial charge in [-0.25, -0.2) is 0 Å². The highest BCUT2D eigenvalue weighted by molar-refractivity contribution is 5.97. The number of carbonyl (C=O) groups excluding carboxylic acids is 1. The van der Waals surface area contributed by atoms with E-state index in [0.717, 1.165) is 30.5 Å². The van der Waals surface area contributed by atoms with Gasteiger partial charge < -0.3 is 4.90 Å². The van der Waals surface area contributed by atoms with Gasteiger partial charge in [0.15, 0.2) is 0 Å². The number of aryl methyl sites for hydroxylation is 1. The zero-order chi connectivity index (χ0) is 13.2. The SMILES string of the molecule is O=Nc1ccc2c(c1)CCC(=O)N2C1CCCCC1. The zero-order valence-electron chi connectivity index (χ0n) is 11.0. The molecule has 0 aromatic heterocycles. The van der Waals surface area contributed by atoms with Crippen molar-refractivity contribution in [2.75, 3.05) is 4.90 Å². The van der Waals surface area contributed by atoms with Crippen LogP contribution in [-0.2, 0) is 11.2 Å². The van der Waals surface area contributed by atoms with E-state index in [1.54, 1.807) is 6.07 Å². The maximum Gasteiger partial charge on any atom is 0.227 e. The molecule has 1 aliphatic carbocycles. The first-order valence-corrected chi connectivity index (χ1v) is 7.08. The maximum absolute atomic E-state index is 12.3. The fraction of sp³-hybridized carbons (Fsp3) is 0.533. The lowest BCUT2D eigenvalue weighted by Crippen LogP contribution is -2.44. The molecule has 0 spiro atoms. The fourth-order valence-electron chi connectivity index (χ4n) is 3.30. The summed E-state index contributed by atoms with van der Waals surface area (Å²) in [4.78, 5) is 24.8. The Morgan fingerprint density at radius 3 is 2.63 bits per heavy atom. The molecule has 1 aliphatic heterocycles. The number of anilines is 1. The van der Waals surface area contributed by atoms with E-state index in [9.17, 15) is 9.70 Å². The molecule has 1 fully saturated rings. The molecule has 1 amide bonds. The Balaban J connectivity index is 1.96. The smallest absolute Gasteiger partial charge is 0.227 e. The number of hydrogen-bond acceptors (Lipinski definition) is 3. The lowest BCUT2D eigenvalue weighted by Gasteiger charge is -2.38. The van der Waals surface area contributed by atoms with Crippen LogP contribution in [0.5, 0.6) is 0 Å². The molecular weight excluding hydrogens is 240 g/mol. The molecule has 1 aromatic carbocycles. The number of rotatable bonds is 2. The molecule has 0 atom stereocenters. The number of amides is 1. The van der Waals surface area contributed by atoms with Crippen molar-refractivity contribution in [2.45, 2.75) is 51.0 Å². The van der Waals surface area contributed by atoms with Gasteiger partial charge in [-0.15, -0.1) is 4.91 Å². The van der Waals surface area contributed by atoms with E-state index in [1.807, 2.05) is 17.0 Å². The molecule has 4 heteroatoms. The van der Waals surface area contributed by atoms with Gasteiger partial charge in [0, 0.05) is 18.2 Å². The maximum atomic E-state index is 12.3. The van der Waals surface area contributed by atoms with E-state index in [4.69, 9.17) is 0 Å². The van der Waals surface area contributed by atoms with Gasteiger partial charge in [0.2, 0.25) is 5.91 Å². The molecule has 0 bridgehead atoms. The molecular formula is C15H18N2O2. The fourth-order valence-corrected chi connectivity index (χ4v) is 3.30. The average Bonchev–Trinajstić information content (AvgIpc) is 2.47. The number of nitroso groups, excluding NO2 is 1. The van der Waals surface area contributed by atoms with Crippen molar-refractivity contribution in [2.24, 2.45) is 5.18 Å². The van der Waals surface area contributed by atoms with Crippen molar-refractivity contribution in [3.05, 3.63) is 28.7 Å². The van der Waals surface area contributed by atoms with Gasteiger partial charge >= 0.3 is 0 Å². The molecule has 2 aliphatic rings. The number of benzene rings is 1. The van der Waals surface area contributed by atoms with E-state index < -0.39 is 0 Å². The summed E-state index contributed by atoms with van der Waals surface area (Å²) in [5, 5.41) is 2.98. The average molecular weight is 258 g/mol. The molecule has 0 unspecified atom stereocenters. The summed E-state index contributed by atoms with van der Waals surface area (Å²) >= 11 is 0. The van der Waals surface area contributed by atoms with Crippen LogP contribution in [0.15, 0.2) is 23.4 Å². The van der Waals surface area contributed by atoms with E-state index in [2.05, 4.69) is 5.18 Å². The van der Waals surface area contributed by atoms with Crippen LogP contribution in [0.4, 0.5) is 11.4 Å². The van der Waals surface area contributed by atoms with Gasteiger partial charge in [0.1, 0.15) is 5.69 Å². The van der Waals surface area contributed by atoms with Crippen molar-refractivity contribution in [3.8, 4) is 0 Å². The molecule has 1 saturated carbocycles. The Bertz CT molecular complexity index is 507. The molecule has 0 N–H and O–H groups in total. The molecule has 19 heavy (non-hydrogen) atoms. The summed E-state index contributed by atoms with van der Waals surface area (Å²) in [6, 6.07) is 5.76. The van der Waals surface area contributed by atoms with Crippen molar-refractivity contribution in [1.82, 2.24) is 0 Å². The monoisotopic (exact) mass is 258 g/mol. The molecule has 0 saturated heterocycles. The highest BCUT2D eigenvalue weighted by Gasteiger charge is 2.31. The Labute approximate surface area is 112 Å². The lowest BCUT2D eigenvalue weighted by molar-refractivity contribution is -0.119. The third-order valence-corrected chi connectivity index (χ3v) is 4.24. The minimum absolute atomic E-state index is 0.228. The van der Waals surface area contributed by atoms with Crippen LogP contribution in [0, 0.1) is 4.91 Å². The van der Waals surface area contributed by atoms with Crippen LogP contribution in [-0.4, -0.2) is 11.9 Å². The van der Waals surface area contributed by atoms with E-state index >= 15 is 0 Å². The Morgan fingerprint density at radius 2 is 1.89 bits per heavy atom. The van der Waals surface area contributed by atoms with Crippen LogP contribution >= 0.6 is 0 Å². The van der Waals surface area contributed by atoms with Crippen LogP contribution in [0.25, 0.3) is 0 Å². The van der Waals surface area contributed by atoms with Gasteiger partial charge in [-0.05, 0) is 48.2 Å². The second-order valence-electron chi connectivity index (χ2n) is 5.46. The normalized spacial score (nSPS) is 20.2. The summed E-state index contributed by atoms with van der Waals surface area (Å²) in [6.07, 6.45) is 7.15. The highest BCUT2D eigenvalue weighted by atomic mass is 16.3. The first-order chi connectivity index (χ1) is 9.29. The van der Waals surface area contributed by atoms with Crippen LogP contribution in [0.1, 0.15) is 44.1 Å². The van der Waals surface area contributed by atoms with Gasteiger partial charge in [-0.1, -0.05) is 19.3 Å². The van der Waals surface area contributed by atoms with Crippen molar-refractivity contribution < 1.29 is 4.79 Å². The second kappa shape index (κ2) is 5.11. The quantitative estimate of drug-likeness (QED) is 0.759. The van der Waals surface area contributed by atoms with E-state index in [0.29, 0.717) is 18.2 Å². The van der Waals surface area contributed by atoms with Gasteiger partial charge in [-0.3, -0.25) is 4.79 Å². The summed E-state index contributed by atoms with van der Waals surface area (Å²) in [6.45, 7) is 0. The summed E-state index contributed by atoms with van der Waals surface area (Å²) in [5.41, 5.74) is 2.54. The standard InChI is InChI=1S/C15H18N2O2/c18-15-9-6-11-10-12(16-19)7-8-14(11)17(15)13-4-2-1-3-5-13/h7-8,10,13H,1-6,9H2. The number of fused-ring (bicyclic) bond motifs is 1. The van der Waals surface area contributed by atoms with Crippen molar-refractivity contribution >= 4 is 17.3 Å². The second-order valence-corrected chi connectivity index (χ2v) is 5.46. The molecule has 1 aromatic rings. The minimum atomic E-state index is 0.228. The van der Waals surface area contributed by atoms with Crippen LogP contribution in [0.3, 0.4) is 0 Å². The minimum Gasteiger partial charge on any atom is -0.309 e. The predicted octanol–water partition coefficient (Wildman–Crippen LogP) is 3.70. The Morgan fingerprint density at radius 1 is 1.11 bits per heavy atom. The first-order valence-electron chi connectivity index (χ1n) is 7.08. The predicted molar refractivity (Wildman–Crippen MR) is 74.6 cm³/mol. The molecule has 0 radical (unpaired) electrons. The summed E-state index contributed by atoms with van der Waals surface area (Å²) in [7, 11) is 0. The first kappa shape index (κ1) is 12.3. The highest BCUT2D eigenvalue weighted by Crippen LogP contribution is 2.35. The summed E-state index contributed by atoms with van der Waals surface area (Å²) in [5.74, 6) is 0.228.